The highest BCUT2D eigenvalue weighted by Crippen LogP contribution is 2.21. The van der Waals surface area contributed by atoms with Crippen LogP contribution >= 0.6 is 0 Å². The molecule has 1 aliphatic heterocycles. The number of hydroxylamine groups is 2. The third-order valence-electron chi connectivity index (χ3n) is 2.45. The van der Waals surface area contributed by atoms with Gasteiger partial charge in [0.15, 0.2) is 5.76 Å². The summed E-state index contributed by atoms with van der Waals surface area (Å²) in [5.74, 6) is -0.176. The van der Waals surface area contributed by atoms with Crippen LogP contribution in [0.15, 0.2) is 11.8 Å². The monoisotopic (exact) mass is 245 g/mol. The van der Waals surface area contributed by atoms with Gasteiger partial charge in [0.05, 0.1) is 13.2 Å². The van der Waals surface area contributed by atoms with E-state index in [1.165, 1.54) is 14.2 Å². The predicted molar refractivity (Wildman–Crippen MR) is 59.8 cm³/mol. The highest BCUT2D eigenvalue weighted by Gasteiger charge is 2.29. The van der Waals surface area contributed by atoms with Gasteiger partial charge in [0.1, 0.15) is 0 Å². The molecule has 0 aromatic heterocycles. The normalized spacial score (nSPS) is 23.9. The Bertz CT molecular complexity index is 292. The van der Waals surface area contributed by atoms with Crippen molar-refractivity contribution in [3.8, 4) is 0 Å². The minimum absolute atomic E-state index is 0.186. The summed E-state index contributed by atoms with van der Waals surface area (Å²) in [4.78, 5) is 16.6. The van der Waals surface area contributed by atoms with Crippen molar-refractivity contribution in [1.29, 1.82) is 0 Å². The van der Waals surface area contributed by atoms with Gasteiger partial charge in [0.25, 0.3) is 0 Å². The van der Waals surface area contributed by atoms with Crippen molar-refractivity contribution < 1.29 is 23.8 Å². The van der Waals surface area contributed by atoms with E-state index in [4.69, 9.17) is 19.0 Å². The molecule has 0 spiro atoms. The topological polar surface area (TPSA) is 57.2 Å². The van der Waals surface area contributed by atoms with Crippen molar-refractivity contribution in [3.63, 3.8) is 0 Å². The average molecular weight is 245 g/mol. The first-order valence-electron chi connectivity index (χ1n) is 5.47. The molecule has 17 heavy (non-hydrogen) atoms. The maximum absolute atomic E-state index is 11.8. The smallest absolute Gasteiger partial charge is 0.312 e. The highest BCUT2D eigenvalue weighted by atomic mass is 16.7. The molecule has 6 heteroatoms. The van der Waals surface area contributed by atoms with E-state index in [1.807, 2.05) is 6.92 Å². The van der Waals surface area contributed by atoms with Crippen LogP contribution in [-0.2, 0) is 23.8 Å². The first kappa shape index (κ1) is 14.0. The van der Waals surface area contributed by atoms with Crippen LogP contribution in [0, 0.1) is 0 Å². The van der Waals surface area contributed by atoms with Crippen molar-refractivity contribution in [3.05, 3.63) is 11.8 Å². The number of methoxy groups -OCH3 is 1. The third kappa shape index (κ3) is 3.69. The van der Waals surface area contributed by atoms with E-state index in [9.17, 15) is 4.79 Å². The van der Waals surface area contributed by atoms with Crippen LogP contribution in [0.25, 0.3) is 0 Å². The van der Waals surface area contributed by atoms with Gasteiger partial charge in [-0.2, -0.15) is 0 Å². The van der Waals surface area contributed by atoms with Crippen molar-refractivity contribution in [1.82, 2.24) is 5.06 Å². The third-order valence-corrected chi connectivity index (χ3v) is 2.45. The predicted octanol–water partition coefficient (Wildman–Crippen LogP) is 0.688. The number of amides is 1. The number of hydrogen-bond acceptors (Lipinski definition) is 5. The second-order valence-electron chi connectivity index (χ2n) is 3.53. The van der Waals surface area contributed by atoms with Crippen molar-refractivity contribution in [2.24, 2.45) is 0 Å². The minimum Gasteiger partial charge on any atom is -0.459 e. The average Bonchev–Trinajstić information content (AvgIpc) is 2.36. The van der Waals surface area contributed by atoms with Gasteiger partial charge in [-0.1, -0.05) is 0 Å². The molecule has 0 aliphatic carbocycles. The molecule has 0 radical (unpaired) electrons. The lowest BCUT2D eigenvalue weighted by atomic mass is 10.1. The molecule has 0 aromatic carbocycles. The molecule has 1 rings (SSSR count). The molecule has 98 valence electrons. The molecule has 0 saturated heterocycles. The molecule has 6 nitrogen and oxygen atoms in total. The lowest BCUT2D eigenvalue weighted by Gasteiger charge is -2.29. The molecule has 0 fully saturated rings. The van der Waals surface area contributed by atoms with Gasteiger partial charge in [-0.3, -0.25) is 9.63 Å². The zero-order valence-electron chi connectivity index (χ0n) is 10.6. The van der Waals surface area contributed by atoms with Crippen LogP contribution in [0.5, 0.6) is 0 Å². The molecular weight excluding hydrogens is 226 g/mol. The van der Waals surface area contributed by atoms with E-state index >= 15 is 0 Å². The molecule has 1 heterocycles. The Morgan fingerprint density at radius 3 is 2.82 bits per heavy atom. The number of rotatable bonds is 5. The van der Waals surface area contributed by atoms with Gasteiger partial charge < -0.3 is 14.2 Å². The maximum atomic E-state index is 11.8. The van der Waals surface area contributed by atoms with Crippen molar-refractivity contribution in [2.45, 2.75) is 25.7 Å². The van der Waals surface area contributed by atoms with E-state index in [1.54, 1.807) is 13.2 Å². The van der Waals surface area contributed by atoms with E-state index in [0.29, 0.717) is 13.0 Å². The van der Waals surface area contributed by atoms with Crippen LogP contribution in [-0.4, -0.2) is 51.2 Å². The summed E-state index contributed by atoms with van der Waals surface area (Å²) in [5, 5.41) is 1.09. The fourth-order valence-electron chi connectivity index (χ4n) is 1.47. The molecule has 0 saturated carbocycles. The molecule has 1 aliphatic rings. The highest BCUT2D eigenvalue weighted by molar-refractivity contribution is 5.90. The molecule has 0 N–H and O–H groups in total. The number of likely N-dealkylation sites (N-methyl/N-ethyl adjacent to an activating group) is 1. The second-order valence-corrected chi connectivity index (χ2v) is 3.53. The fourth-order valence-corrected chi connectivity index (χ4v) is 1.47. The van der Waals surface area contributed by atoms with Crippen LogP contribution in [0.3, 0.4) is 0 Å². The van der Waals surface area contributed by atoms with Gasteiger partial charge in [0.2, 0.25) is 6.29 Å². The quantitative estimate of drug-likeness (QED) is 0.667. The first-order chi connectivity index (χ1) is 8.12. The van der Waals surface area contributed by atoms with E-state index < -0.39 is 6.29 Å². The van der Waals surface area contributed by atoms with Gasteiger partial charge >= 0.3 is 5.91 Å². The summed E-state index contributed by atoms with van der Waals surface area (Å²) < 4.78 is 16.0. The number of ether oxygens (including phenoxy) is 3. The molecule has 1 amide bonds. The SMILES string of the molecule is CCO[C@H]1C[C@@H](OC)C=C(C(=O)N(C)OC)O1. The Hall–Kier alpha value is -1.11. The summed E-state index contributed by atoms with van der Waals surface area (Å²) in [6, 6.07) is 0. The largest absolute Gasteiger partial charge is 0.459 e. The molecule has 0 unspecified atom stereocenters. The van der Waals surface area contributed by atoms with E-state index in [0.717, 1.165) is 5.06 Å². The Morgan fingerprint density at radius 1 is 1.59 bits per heavy atom. The first-order valence-corrected chi connectivity index (χ1v) is 5.47. The number of hydrogen-bond donors (Lipinski definition) is 0. The van der Waals surface area contributed by atoms with Crippen LogP contribution < -0.4 is 0 Å². The Morgan fingerprint density at radius 2 is 2.29 bits per heavy atom. The summed E-state index contributed by atoms with van der Waals surface area (Å²) in [7, 11) is 4.51. The van der Waals surface area contributed by atoms with Gasteiger partial charge in [-0.15, -0.1) is 0 Å². The van der Waals surface area contributed by atoms with Crippen molar-refractivity contribution in [2.75, 3.05) is 27.9 Å². The summed E-state index contributed by atoms with van der Waals surface area (Å²) >= 11 is 0. The number of carbonyl (C=O) groups is 1. The molecule has 0 aromatic rings. The number of carbonyl (C=O) groups excluding carboxylic acids is 1. The summed E-state index contributed by atoms with van der Waals surface area (Å²) in [5.41, 5.74) is 0. The van der Waals surface area contributed by atoms with E-state index in [-0.39, 0.29) is 17.8 Å². The summed E-state index contributed by atoms with van der Waals surface area (Å²) in [6.45, 7) is 2.38. The van der Waals surface area contributed by atoms with Crippen LogP contribution in [0.4, 0.5) is 0 Å². The fraction of sp³-hybridized carbons (Fsp3) is 0.727. The lowest BCUT2D eigenvalue weighted by Crippen LogP contribution is -2.35. The van der Waals surface area contributed by atoms with Gasteiger partial charge in [-0.05, 0) is 13.0 Å². The van der Waals surface area contributed by atoms with Crippen molar-refractivity contribution >= 4 is 5.91 Å². The Kier molecular flexibility index (Phi) is 5.40. The molecule has 0 bridgehead atoms. The van der Waals surface area contributed by atoms with E-state index in [2.05, 4.69) is 0 Å². The molecule has 2 atom stereocenters. The number of nitrogens with zero attached hydrogens (tertiary/aromatic N) is 1. The van der Waals surface area contributed by atoms with Crippen LogP contribution in [0.1, 0.15) is 13.3 Å². The van der Waals surface area contributed by atoms with Crippen LogP contribution in [0.2, 0.25) is 0 Å². The van der Waals surface area contributed by atoms with Gasteiger partial charge in [-0.25, -0.2) is 5.06 Å². The zero-order chi connectivity index (χ0) is 12.8. The molecular formula is C11H19NO5. The maximum Gasteiger partial charge on any atom is 0.312 e. The van der Waals surface area contributed by atoms with Gasteiger partial charge in [0, 0.05) is 27.2 Å². The lowest BCUT2D eigenvalue weighted by molar-refractivity contribution is -0.182. The Labute approximate surface area is 101 Å². The Balaban J connectivity index is 2.75. The minimum atomic E-state index is -0.459. The zero-order valence-corrected chi connectivity index (χ0v) is 10.6. The standard InChI is InChI=1S/C11H19NO5/c1-5-16-10-7-8(14-3)6-9(17-10)11(13)12(2)15-4/h6,8,10H,5,7H2,1-4H3/t8-,10+/m0/s1. The summed E-state index contributed by atoms with van der Waals surface area (Å²) in [6.07, 6.45) is 1.55. The second kappa shape index (κ2) is 6.58.